The van der Waals surface area contributed by atoms with Gasteiger partial charge in [-0.05, 0) is 47.7 Å². The number of nitrogens with one attached hydrogen (secondary N) is 1. The molecule has 226 valence electrons. The van der Waals surface area contributed by atoms with Crippen LogP contribution in [0.5, 0.6) is 0 Å². The highest BCUT2D eigenvalue weighted by atomic mass is 35.5. The number of carbonyl (C=O) groups is 2. The van der Waals surface area contributed by atoms with Gasteiger partial charge in [0.2, 0.25) is 15.9 Å². The molecule has 4 aromatic rings. The van der Waals surface area contributed by atoms with Gasteiger partial charge in [-0.3, -0.25) is 9.59 Å². The molecule has 0 aliphatic heterocycles. The van der Waals surface area contributed by atoms with E-state index in [1.54, 1.807) is 36.4 Å². The third kappa shape index (κ3) is 7.97. The molecule has 1 aliphatic carbocycles. The minimum absolute atomic E-state index is 0.0449. The first-order valence-electron chi connectivity index (χ1n) is 14.3. The number of fused-ring (bicyclic) bond motifs is 1. The number of anilines is 1. The molecule has 2 heterocycles. The van der Waals surface area contributed by atoms with Gasteiger partial charge < -0.3 is 10.4 Å². The molecule has 0 bridgehead atoms. The molecule has 5 rings (SSSR count). The summed E-state index contributed by atoms with van der Waals surface area (Å²) in [6, 6.07) is 18.9. The summed E-state index contributed by atoms with van der Waals surface area (Å²) in [5, 5.41) is 13.0. The summed E-state index contributed by atoms with van der Waals surface area (Å²) < 4.78 is 28.5. The van der Waals surface area contributed by atoms with Gasteiger partial charge in [0.05, 0.1) is 17.2 Å². The number of carboxylic acids is 1. The van der Waals surface area contributed by atoms with Crippen LogP contribution in [0.2, 0.25) is 5.15 Å². The molecule has 0 spiro atoms. The normalized spacial score (nSPS) is 15.0. The van der Waals surface area contributed by atoms with Gasteiger partial charge in [-0.2, -0.15) is 4.31 Å². The van der Waals surface area contributed by atoms with Gasteiger partial charge in [0.15, 0.2) is 5.13 Å². The minimum atomic E-state index is -4.01. The molecule has 1 fully saturated rings. The van der Waals surface area contributed by atoms with Crippen LogP contribution in [0.15, 0.2) is 71.6 Å². The van der Waals surface area contributed by atoms with E-state index in [0.717, 1.165) is 31.2 Å². The number of amides is 1. The zero-order chi connectivity index (χ0) is 30.4. The molecule has 0 unspecified atom stereocenters. The summed E-state index contributed by atoms with van der Waals surface area (Å²) in [6.07, 6.45) is 5.90. The van der Waals surface area contributed by atoms with Crippen LogP contribution >= 0.6 is 22.9 Å². The molecular formula is C31H33ClN4O5S2. The van der Waals surface area contributed by atoms with E-state index in [2.05, 4.69) is 15.3 Å². The monoisotopic (exact) mass is 640 g/mol. The number of nitrogens with zero attached hydrogens (tertiary/aromatic N) is 3. The molecular weight excluding hydrogens is 608 g/mol. The number of benzene rings is 2. The second kappa shape index (κ2) is 13.9. The number of sulfonamides is 1. The van der Waals surface area contributed by atoms with Crippen LogP contribution in [0.3, 0.4) is 0 Å². The number of aromatic nitrogens is 2. The summed E-state index contributed by atoms with van der Waals surface area (Å²) >= 11 is 7.27. The van der Waals surface area contributed by atoms with Crippen molar-refractivity contribution >= 4 is 60.3 Å². The van der Waals surface area contributed by atoms with Crippen molar-refractivity contribution in [1.29, 1.82) is 0 Å². The number of halogens is 1. The quantitative estimate of drug-likeness (QED) is 0.165. The third-order valence-electron chi connectivity index (χ3n) is 7.76. The van der Waals surface area contributed by atoms with E-state index in [0.29, 0.717) is 38.5 Å². The molecule has 2 aromatic carbocycles. The number of carboxylic acid groups (broad SMARTS) is 1. The molecule has 1 saturated carbocycles. The molecule has 43 heavy (non-hydrogen) atoms. The van der Waals surface area contributed by atoms with Gasteiger partial charge in [-0.25, -0.2) is 18.4 Å². The van der Waals surface area contributed by atoms with Gasteiger partial charge in [0, 0.05) is 13.1 Å². The molecule has 0 saturated heterocycles. The minimum Gasteiger partial charge on any atom is -0.481 e. The van der Waals surface area contributed by atoms with Crippen molar-refractivity contribution in [2.75, 3.05) is 11.9 Å². The number of thiazole rings is 1. The fourth-order valence-electron chi connectivity index (χ4n) is 5.50. The Bertz CT molecular complexity index is 1670. The van der Waals surface area contributed by atoms with Crippen LogP contribution < -0.4 is 5.32 Å². The van der Waals surface area contributed by atoms with E-state index in [1.165, 1.54) is 34.2 Å². The van der Waals surface area contributed by atoms with Crippen molar-refractivity contribution < 1.29 is 23.1 Å². The van der Waals surface area contributed by atoms with Crippen molar-refractivity contribution in [2.24, 2.45) is 5.92 Å². The summed E-state index contributed by atoms with van der Waals surface area (Å²) in [7, 11) is -4.01. The molecule has 1 amide bonds. The Morgan fingerprint density at radius 1 is 1.00 bits per heavy atom. The summed E-state index contributed by atoms with van der Waals surface area (Å²) in [5.41, 5.74) is 2.11. The van der Waals surface area contributed by atoms with Gasteiger partial charge in [-0.1, -0.05) is 97.5 Å². The molecule has 9 nitrogen and oxygen atoms in total. The molecule has 1 atom stereocenters. The van der Waals surface area contributed by atoms with E-state index >= 15 is 0 Å². The summed E-state index contributed by atoms with van der Waals surface area (Å²) in [6.45, 7) is -0.115. The van der Waals surface area contributed by atoms with Crippen molar-refractivity contribution in [1.82, 2.24) is 14.3 Å². The standard InChI is InChI=1S/C31H33ClN4O5S2/c32-27-16-15-26-30(34-27)42-31(33-26)35-29(39)25(19-21-7-3-1-4-8-21)23-11-13-24(14-12-23)43(40,41)36(18-17-28(37)38)20-22-9-5-2-6-10-22/h2,5-6,9-16,21,25H,1,3-4,7-8,17-20H2,(H,37,38)(H,33,35,39)/t25-/m1/s1. The van der Waals surface area contributed by atoms with E-state index in [1.807, 2.05) is 18.2 Å². The fraction of sp³-hybridized carbons (Fsp3) is 0.355. The number of aliphatic carboxylic acids is 1. The van der Waals surface area contributed by atoms with E-state index in [-0.39, 0.29) is 30.3 Å². The Hall–Kier alpha value is -3.38. The van der Waals surface area contributed by atoms with Crippen LogP contribution in [0.25, 0.3) is 10.3 Å². The van der Waals surface area contributed by atoms with Gasteiger partial charge >= 0.3 is 5.97 Å². The van der Waals surface area contributed by atoms with E-state index < -0.39 is 21.9 Å². The van der Waals surface area contributed by atoms with E-state index in [9.17, 15) is 23.1 Å². The van der Waals surface area contributed by atoms with E-state index in [4.69, 9.17) is 11.6 Å². The molecule has 2 aromatic heterocycles. The first-order chi connectivity index (χ1) is 20.7. The molecule has 2 N–H and O–H groups in total. The predicted molar refractivity (Wildman–Crippen MR) is 168 cm³/mol. The first kappa shape index (κ1) is 31.1. The smallest absolute Gasteiger partial charge is 0.304 e. The highest BCUT2D eigenvalue weighted by Crippen LogP contribution is 2.35. The van der Waals surface area contributed by atoms with Crippen LogP contribution in [0.4, 0.5) is 5.13 Å². The summed E-state index contributed by atoms with van der Waals surface area (Å²) in [5.74, 6) is -1.40. The maximum absolute atomic E-state index is 13.7. The first-order valence-corrected chi connectivity index (χ1v) is 16.9. The second-order valence-electron chi connectivity index (χ2n) is 10.8. The van der Waals surface area contributed by atoms with Crippen LogP contribution in [-0.4, -0.2) is 46.2 Å². The van der Waals surface area contributed by atoms with Crippen molar-refractivity contribution in [3.63, 3.8) is 0 Å². The highest BCUT2D eigenvalue weighted by molar-refractivity contribution is 7.89. The fourth-order valence-corrected chi connectivity index (χ4v) is 7.97. The Labute approximate surface area is 260 Å². The largest absolute Gasteiger partial charge is 0.481 e. The van der Waals surface area contributed by atoms with Crippen LogP contribution in [0, 0.1) is 5.92 Å². The third-order valence-corrected chi connectivity index (χ3v) is 10.7. The number of hydrogen-bond donors (Lipinski definition) is 2. The van der Waals surface area contributed by atoms with Crippen LogP contribution in [0.1, 0.15) is 62.0 Å². The number of carbonyl (C=O) groups excluding carboxylic acids is 1. The van der Waals surface area contributed by atoms with Gasteiger partial charge in [0.25, 0.3) is 0 Å². The summed E-state index contributed by atoms with van der Waals surface area (Å²) in [4.78, 5) is 34.4. The van der Waals surface area contributed by atoms with Crippen molar-refractivity contribution in [3.8, 4) is 0 Å². The zero-order valence-corrected chi connectivity index (χ0v) is 25.9. The molecule has 0 radical (unpaired) electrons. The topological polar surface area (TPSA) is 130 Å². The zero-order valence-electron chi connectivity index (χ0n) is 23.5. The maximum atomic E-state index is 13.7. The SMILES string of the molecule is O=C(O)CCN(Cc1ccccc1)S(=O)(=O)c1ccc([C@@H](CC2CCCCC2)C(=O)Nc2nc3ccc(Cl)nc3s2)cc1. The van der Waals surface area contributed by atoms with Crippen molar-refractivity contribution in [2.45, 2.75) is 62.3 Å². The lowest BCUT2D eigenvalue weighted by atomic mass is 9.80. The molecule has 1 aliphatic rings. The average Bonchev–Trinajstić information content (AvgIpc) is 3.40. The average molecular weight is 641 g/mol. The Kier molecular flexibility index (Phi) is 10.1. The number of pyridine rings is 1. The van der Waals surface area contributed by atoms with Gasteiger partial charge in [0.1, 0.15) is 15.5 Å². The lowest BCUT2D eigenvalue weighted by Crippen LogP contribution is -2.32. The Morgan fingerprint density at radius 2 is 1.72 bits per heavy atom. The molecule has 12 heteroatoms. The Morgan fingerprint density at radius 3 is 2.42 bits per heavy atom. The second-order valence-corrected chi connectivity index (χ2v) is 14.1. The lowest BCUT2D eigenvalue weighted by molar-refractivity contribution is -0.137. The number of rotatable bonds is 12. The lowest BCUT2D eigenvalue weighted by Gasteiger charge is -2.26. The maximum Gasteiger partial charge on any atom is 0.304 e. The Balaban J connectivity index is 1.39. The highest BCUT2D eigenvalue weighted by Gasteiger charge is 2.29. The predicted octanol–water partition coefficient (Wildman–Crippen LogP) is 6.70. The number of hydrogen-bond acceptors (Lipinski definition) is 7. The van der Waals surface area contributed by atoms with Crippen LogP contribution in [-0.2, 0) is 26.2 Å². The van der Waals surface area contributed by atoms with Gasteiger partial charge in [-0.15, -0.1) is 0 Å². The van der Waals surface area contributed by atoms with Crippen molar-refractivity contribution in [3.05, 3.63) is 83.0 Å².